The van der Waals surface area contributed by atoms with Gasteiger partial charge in [-0.05, 0) is 25.7 Å². The monoisotopic (exact) mass is 296 g/mol. The van der Waals surface area contributed by atoms with Gasteiger partial charge in [-0.15, -0.1) is 0 Å². The lowest BCUT2D eigenvalue weighted by Gasteiger charge is -2.27. The van der Waals surface area contributed by atoms with E-state index >= 15 is 0 Å². The van der Waals surface area contributed by atoms with Crippen molar-refractivity contribution in [1.82, 2.24) is 0 Å². The number of quaternary nitrogens is 1. The average molecular weight is 296 g/mol. The van der Waals surface area contributed by atoms with Crippen molar-refractivity contribution in [3.8, 4) is 0 Å². The Balaban J connectivity index is 0.000000555. The third-order valence-corrected chi connectivity index (χ3v) is 3.15. The molecule has 1 fully saturated rings. The van der Waals surface area contributed by atoms with E-state index in [1.165, 1.54) is 32.1 Å². The van der Waals surface area contributed by atoms with Gasteiger partial charge >= 0.3 is 5.96 Å². The van der Waals surface area contributed by atoms with E-state index in [-0.39, 0.29) is 0 Å². The number of rotatable bonds is 4. The third-order valence-electron chi connectivity index (χ3n) is 3.15. The molecule has 1 atom stereocenters. The van der Waals surface area contributed by atoms with Crippen LogP contribution in [-0.2, 0) is 10.4 Å². The van der Waals surface area contributed by atoms with Crippen LogP contribution in [0.3, 0.4) is 0 Å². The highest BCUT2D eigenvalue weighted by molar-refractivity contribution is 7.79. The first kappa shape index (κ1) is 18.1. The van der Waals surface area contributed by atoms with Gasteiger partial charge in [0.1, 0.15) is 13.1 Å². The maximum absolute atomic E-state index is 8.52. The Kier molecular flexibility index (Phi) is 8.65. The molecule has 0 radical (unpaired) electrons. The maximum atomic E-state index is 8.52. The normalized spacial score (nSPS) is 18.1. The number of likely N-dealkylation sites (N-methyl/N-ethyl adjacent to an activating group) is 1. The summed E-state index contributed by atoms with van der Waals surface area (Å²) in [6, 6.07) is 0.851. The van der Waals surface area contributed by atoms with Gasteiger partial charge in [0.05, 0.1) is 13.1 Å². The number of hydrogen-bond donors (Lipinski definition) is 4. The first-order valence-electron chi connectivity index (χ1n) is 6.31. The van der Waals surface area contributed by atoms with E-state index in [0.29, 0.717) is 5.96 Å². The van der Waals surface area contributed by atoms with Gasteiger partial charge in [-0.1, -0.05) is 6.42 Å². The molecule has 0 aromatic heterocycles. The van der Waals surface area contributed by atoms with Crippen molar-refractivity contribution in [3.63, 3.8) is 0 Å². The fourth-order valence-electron chi connectivity index (χ4n) is 2.20. The Morgan fingerprint density at radius 1 is 1.26 bits per heavy atom. The summed E-state index contributed by atoms with van der Waals surface area (Å²) in [7, 11) is -2.90. The van der Waals surface area contributed by atoms with Crippen LogP contribution in [0, 0.1) is 0 Å². The fourth-order valence-corrected chi connectivity index (χ4v) is 2.20. The molecule has 0 heterocycles. The molecular weight excluding hydrogens is 272 g/mol. The molecule has 8 nitrogen and oxygen atoms in total. The lowest BCUT2D eigenvalue weighted by molar-refractivity contribution is -0.913. The van der Waals surface area contributed by atoms with Crippen LogP contribution >= 0.6 is 0 Å². The molecule has 1 unspecified atom stereocenters. The van der Waals surface area contributed by atoms with E-state index in [4.69, 9.17) is 29.0 Å². The highest BCUT2D eigenvalue weighted by Crippen LogP contribution is 2.14. The van der Waals surface area contributed by atoms with Crippen molar-refractivity contribution in [2.75, 3.05) is 20.1 Å². The summed E-state index contributed by atoms with van der Waals surface area (Å²) in [4.78, 5) is 4.58. The highest BCUT2D eigenvalue weighted by atomic mass is 32.3. The zero-order valence-corrected chi connectivity index (χ0v) is 12.0. The predicted octanol–water partition coefficient (Wildman–Crippen LogP) is -4.15. The zero-order valence-electron chi connectivity index (χ0n) is 11.2. The van der Waals surface area contributed by atoms with Crippen LogP contribution < -0.4 is 21.4 Å². The first-order valence-corrected chi connectivity index (χ1v) is 7.64. The number of hydrogen-bond acceptors (Lipinski definition) is 4. The second-order valence-electron chi connectivity index (χ2n) is 4.72. The van der Waals surface area contributed by atoms with E-state index in [0.717, 1.165) is 19.1 Å². The van der Waals surface area contributed by atoms with E-state index < -0.39 is 10.4 Å². The molecule has 114 valence electrons. The molecule has 0 aliphatic heterocycles. The van der Waals surface area contributed by atoms with Gasteiger partial charge in [0, 0.05) is 10.4 Å². The molecule has 1 rings (SSSR count). The molecule has 1 saturated carbocycles. The second-order valence-corrected chi connectivity index (χ2v) is 5.54. The Hall–Kier alpha value is -0.900. The predicted molar refractivity (Wildman–Crippen MR) is 68.3 cm³/mol. The molecule has 6 N–H and O–H groups in total. The molecule has 19 heavy (non-hydrogen) atoms. The van der Waals surface area contributed by atoms with Crippen LogP contribution in [0.4, 0.5) is 0 Å². The molecule has 9 heteroatoms. The van der Waals surface area contributed by atoms with Gasteiger partial charge in [-0.25, -0.2) is 0 Å². The van der Waals surface area contributed by atoms with E-state index in [1.54, 1.807) is 4.90 Å². The molecule has 0 aromatic carbocycles. The second kappa shape index (κ2) is 9.08. The summed E-state index contributed by atoms with van der Waals surface area (Å²) in [5.41, 5.74) is 10.7. The van der Waals surface area contributed by atoms with Crippen molar-refractivity contribution in [1.29, 1.82) is 0 Å². The molecular formula is C10H24N4O4S. The molecule has 0 bridgehead atoms. The van der Waals surface area contributed by atoms with Gasteiger partial charge in [0.15, 0.2) is 0 Å². The maximum Gasteiger partial charge on any atom is 0.338 e. The SMILES string of the molecule is C[NH+](CC[NH+]=C(N)N)C1CCCCC1.O=S(=O)([O-])[O-]. The van der Waals surface area contributed by atoms with Gasteiger partial charge in [-0.2, -0.15) is 0 Å². The van der Waals surface area contributed by atoms with Gasteiger partial charge in [-0.3, -0.25) is 24.9 Å². The van der Waals surface area contributed by atoms with E-state index in [2.05, 4.69) is 12.0 Å². The Morgan fingerprint density at radius 3 is 2.16 bits per heavy atom. The quantitative estimate of drug-likeness (QED) is 0.179. The summed E-state index contributed by atoms with van der Waals surface area (Å²) < 4.78 is 34.1. The van der Waals surface area contributed by atoms with E-state index in [1.807, 2.05) is 0 Å². The van der Waals surface area contributed by atoms with Crippen molar-refractivity contribution in [2.45, 2.75) is 38.1 Å². The number of nitrogens with two attached hydrogens (primary N) is 2. The molecule has 1 aliphatic rings. The molecule has 0 aromatic rings. The molecule has 0 saturated heterocycles. The summed E-state index contributed by atoms with van der Waals surface area (Å²) >= 11 is 0. The summed E-state index contributed by atoms with van der Waals surface area (Å²) in [5.74, 6) is 0.335. The van der Waals surface area contributed by atoms with Crippen LogP contribution in [0.5, 0.6) is 0 Å². The summed E-state index contributed by atoms with van der Waals surface area (Å²) in [6.07, 6.45) is 6.99. The lowest BCUT2D eigenvalue weighted by Crippen LogP contribution is -3.15. The highest BCUT2D eigenvalue weighted by Gasteiger charge is 2.20. The standard InChI is InChI=1S/C10H22N4.H2O4S/c1-14(8-7-13-10(11)12)9-5-3-2-4-6-9;1-5(2,3)4/h9H,2-8H2,1H3,(H4,11,12,13);(H2,1,2,3,4). The van der Waals surface area contributed by atoms with Crippen molar-refractivity contribution in [2.24, 2.45) is 11.5 Å². The molecule has 0 spiro atoms. The minimum Gasteiger partial charge on any atom is -0.759 e. The smallest absolute Gasteiger partial charge is 0.338 e. The minimum absolute atomic E-state index is 0.335. The number of guanidine groups is 1. The van der Waals surface area contributed by atoms with Crippen molar-refractivity contribution < 1.29 is 27.4 Å². The van der Waals surface area contributed by atoms with Gasteiger partial charge in [0.2, 0.25) is 0 Å². The summed E-state index contributed by atoms with van der Waals surface area (Å²) in [6.45, 7) is 1.98. The van der Waals surface area contributed by atoms with Gasteiger partial charge in [0.25, 0.3) is 0 Å². The molecule has 1 aliphatic carbocycles. The van der Waals surface area contributed by atoms with Gasteiger partial charge < -0.3 is 14.0 Å². The first-order chi connectivity index (χ1) is 8.70. The zero-order chi connectivity index (χ0) is 14.9. The van der Waals surface area contributed by atoms with Crippen molar-refractivity contribution >= 4 is 16.4 Å². The fraction of sp³-hybridized carbons (Fsp3) is 0.900. The average Bonchev–Trinajstić information content (AvgIpc) is 2.27. The topological polar surface area (TPSA) is 151 Å². The Morgan fingerprint density at radius 2 is 1.74 bits per heavy atom. The van der Waals surface area contributed by atoms with Crippen LogP contribution in [0.15, 0.2) is 0 Å². The van der Waals surface area contributed by atoms with Crippen LogP contribution in [0.1, 0.15) is 32.1 Å². The van der Waals surface area contributed by atoms with Crippen molar-refractivity contribution in [3.05, 3.63) is 0 Å². The Bertz CT molecular complexity index is 354. The van der Waals surface area contributed by atoms with E-state index in [9.17, 15) is 0 Å². The van der Waals surface area contributed by atoms with Crippen LogP contribution in [-0.4, -0.2) is 49.7 Å². The third kappa shape index (κ3) is 13.3. The lowest BCUT2D eigenvalue weighted by atomic mass is 9.94. The largest absolute Gasteiger partial charge is 0.759 e. The Labute approximate surface area is 114 Å². The minimum atomic E-state index is -5.17. The van der Waals surface area contributed by atoms with Crippen LogP contribution in [0.2, 0.25) is 0 Å². The van der Waals surface area contributed by atoms with Crippen LogP contribution in [0.25, 0.3) is 0 Å². The number of nitrogens with one attached hydrogen (secondary N) is 2. The molecule has 0 amide bonds. The summed E-state index contributed by atoms with van der Waals surface area (Å²) in [5, 5.41) is 0.